The Labute approximate surface area is 145 Å². The van der Waals surface area contributed by atoms with E-state index >= 15 is 0 Å². The zero-order chi connectivity index (χ0) is 17.9. The van der Waals surface area contributed by atoms with Crippen molar-refractivity contribution in [1.82, 2.24) is 14.7 Å². The van der Waals surface area contributed by atoms with Crippen LogP contribution < -0.4 is 0 Å². The zero-order valence-electron chi connectivity index (χ0n) is 15.1. The maximum Gasteiger partial charge on any atom is 0.317 e. The first-order valence-electron chi connectivity index (χ1n) is 9.08. The van der Waals surface area contributed by atoms with E-state index in [0.29, 0.717) is 19.1 Å². The van der Waals surface area contributed by atoms with E-state index in [9.17, 15) is 9.59 Å². The molecule has 0 aromatic carbocycles. The molecule has 1 atom stereocenters. The lowest BCUT2D eigenvalue weighted by Gasteiger charge is -2.32. The number of unbranched alkanes of at least 4 members (excludes halogenated alkanes) is 1. The summed E-state index contributed by atoms with van der Waals surface area (Å²) in [5.74, 6) is -1.66. The van der Waals surface area contributed by atoms with Gasteiger partial charge in [-0.3, -0.25) is 24.3 Å². The molecule has 1 heterocycles. The number of carbonyl (C=O) groups is 2. The van der Waals surface area contributed by atoms with E-state index in [-0.39, 0.29) is 13.1 Å². The van der Waals surface area contributed by atoms with E-state index < -0.39 is 11.9 Å². The Balaban J connectivity index is 2.77. The molecule has 1 aliphatic heterocycles. The molecule has 1 fully saturated rings. The van der Waals surface area contributed by atoms with Gasteiger partial charge in [0.15, 0.2) is 0 Å². The van der Waals surface area contributed by atoms with Crippen molar-refractivity contribution in [2.24, 2.45) is 0 Å². The Morgan fingerprint density at radius 2 is 1.33 bits per heavy atom. The van der Waals surface area contributed by atoms with E-state index in [1.165, 1.54) is 12.8 Å². The molecule has 7 nitrogen and oxygen atoms in total. The maximum absolute atomic E-state index is 11.1. The van der Waals surface area contributed by atoms with Gasteiger partial charge in [-0.2, -0.15) is 0 Å². The summed E-state index contributed by atoms with van der Waals surface area (Å²) in [6.07, 6.45) is 4.57. The number of carboxylic acids is 2. The lowest BCUT2D eigenvalue weighted by Crippen LogP contribution is -2.43. The first kappa shape index (κ1) is 20.9. The smallest absolute Gasteiger partial charge is 0.317 e. The van der Waals surface area contributed by atoms with Gasteiger partial charge in [0.05, 0.1) is 13.1 Å². The van der Waals surface area contributed by atoms with Crippen LogP contribution in [0, 0.1) is 0 Å². The lowest BCUT2D eigenvalue weighted by molar-refractivity contribution is -0.140. The molecule has 1 rings (SSSR count). The first-order valence-corrected chi connectivity index (χ1v) is 9.08. The standard InChI is InChI=1S/C17H33N3O4/c1-3-5-6-15(4-2)20-11-9-18(13-16(21)22)7-8-19(10-12-20)14-17(23)24/h15H,3-14H2,1-2H3,(H,21,22)(H,23,24). The summed E-state index contributed by atoms with van der Waals surface area (Å²) in [5, 5.41) is 18.2. The van der Waals surface area contributed by atoms with E-state index in [1.54, 1.807) is 0 Å². The second kappa shape index (κ2) is 11.4. The molecule has 0 aliphatic carbocycles. The number of nitrogens with zero attached hydrogens (tertiary/aromatic N) is 3. The minimum absolute atomic E-state index is 0.0144. The zero-order valence-corrected chi connectivity index (χ0v) is 15.1. The maximum atomic E-state index is 11.1. The van der Waals surface area contributed by atoms with Crippen molar-refractivity contribution in [1.29, 1.82) is 0 Å². The van der Waals surface area contributed by atoms with Gasteiger partial charge in [0, 0.05) is 45.3 Å². The molecule has 0 amide bonds. The summed E-state index contributed by atoms with van der Waals surface area (Å²) in [7, 11) is 0. The van der Waals surface area contributed by atoms with Crippen molar-refractivity contribution >= 4 is 11.9 Å². The molecule has 0 radical (unpaired) electrons. The Bertz CT molecular complexity index is 364. The van der Waals surface area contributed by atoms with E-state index in [1.807, 2.05) is 9.80 Å². The monoisotopic (exact) mass is 343 g/mol. The highest BCUT2D eigenvalue weighted by atomic mass is 16.4. The average molecular weight is 343 g/mol. The highest BCUT2D eigenvalue weighted by molar-refractivity contribution is 5.69. The molecule has 0 saturated carbocycles. The van der Waals surface area contributed by atoms with E-state index in [2.05, 4.69) is 18.7 Å². The summed E-state index contributed by atoms with van der Waals surface area (Å²) in [6.45, 7) is 8.73. The quantitative estimate of drug-likeness (QED) is 0.647. The molecule has 1 unspecified atom stereocenters. The Kier molecular flexibility index (Phi) is 9.90. The average Bonchev–Trinajstić information content (AvgIpc) is 2.60. The van der Waals surface area contributed by atoms with Crippen molar-refractivity contribution in [3.8, 4) is 0 Å². The molecule has 0 aromatic rings. The molecule has 0 aromatic heterocycles. The van der Waals surface area contributed by atoms with Gasteiger partial charge in [-0.25, -0.2) is 0 Å². The van der Waals surface area contributed by atoms with Crippen LogP contribution >= 0.6 is 0 Å². The first-order chi connectivity index (χ1) is 11.5. The lowest BCUT2D eigenvalue weighted by atomic mass is 10.1. The van der Waals surface area contributed by atoms with Gasteiger partial charge in [-0.1, -0.05) is 26.7 Å². The van der Waals surface area contributed by atoms with Gasteiger partial charge in [-0.05, 0) is 12.8 Å². The third-order valence-electron chi connectivity index (χ3n) is 4.74. The van der Waals surface area contributed by atoms with Crippen LogP contribution in [0.3, 0.4) is 0 Å². The largest absolute Gasteiger partial charge is 0.480 e. The van der Waals surface area contributed by atoms with Crippen LogP contribution in [0.4, 0.5) is 0 Å². The topological polar surface area (TPSA) is 84.3 Å². The summed E-state index contributed by atoms with van der Waals surface area (Å²) in [5.41, 5.74) is 0. The van der Waals surface area contributed by atoms with Crippen molar-refractivity contribution in [3.05, 3.63) is 0 Å². The van der Waals surface area contributed by atoms with Gasteiger partial charge in [0.25, 0.3) is 0 Å². The van der Waals surface area contributed by atoms with Crippen LogP contribution in [0.1, 0.15) is 39.5 Å². The Hall–Kier alpha value is -1.18. The molecule has 140 valence electrons. The van der Waals surface area contributed by atoms with Crippen LogP contribution in [0.5, 0.6) is 0 Å². The van der Waals surface area contributed by atoms with Crippen LogP contribution in [0.25, 0.3) is 0 Å². The number of rotatable bonds is 9. The number of aliphatic carboxylic acids is 2. The molecular weight excluding hydrogens is 310 g/mol. The van der Waals surface area contributed by atoms with Gasteiger partial charge in [-0.15, -0.1) is 0 Å². The normalized spacial score (nSPS) is 20.1. The summed E-state index contributed by atoms with van der Waals surface area (Å²) >= 11 is 0. The van der Waals surface area contributed by atoms with E-state index in [0.717, 1.165) is 39.0 Å². The molecular formula is C17H33N3O4. The fraction of sp³-hybridized carbons (Fsp3) is 0.882. The Morgan fingerprint density at radius 1 is 0.875 bits per heavy atom. The Morgan fingerprint density at radius 3 is 1.71 bits per heavy atom. The minimum atomic E-state index is -0.830. The summed E-state index contributed by atoms with van der Waals surface area (Å²) < 4.78 is 0. The van der Waals surface area contributed by atoms with Crippen LogP contribution in [0.2, 0.25) is 0 Å². The van der Waals surface area contributed by atoms with Crippen molar-refractivity contribution < 1.29 is 19.8 Å². The predicted octanol–water partition coefficient (Wildman–Crippen LogP) is 1.04. The van der Waals surface area contributed by atoms with Gasteiger partial charge in [0.1, 0.15) is 0 Å². The van der Waals surface area contributed by atoms with Crippen molar-refractivity contribution in [2.75, 3.05) is 52.4 Å². The highest BCUT2D eigenvalue weighted by Crippen LogP contribution is 2.14. The van der Waals surface area contributed by atoms with Crippen LogP contribution in [-0.2, 0) is 9.59 Å². The number of hydrogen-bond donors (Lipinski definition) is 2. The second-order valence-corrected chi connectivity index (χ2v) is 6.58. The second-order valence-electron chi connectivity index (χ2n) is 6.58. The SMILES string of the molecule is CCCCC(CC)N1CCN(CC(=O)O)CCN(CC(=O)O)CC1. The summed E-state index contributed by atoms with van der Waals surface area (Å²) in [6, 6.07) is 0.487. The molecule has 24 heavy (non-hydrogen) atoms. The minimum Gasteiger partial charge on any atom is -0.480 e. The van der Waals surface area contributed by atoms with Gasteiger partial charge in [0.2, 0.25) is 0 Å². The fourth-order valence-corrected chi connectivity index (χ4v) is 3.31. The molecule has 1 aliphatic rings. The van der Waals surface area contributed by atoms with Crippen LogP contribution in [0.15, 0.2) is 0 Å². The van der Waals surface area contributed by atoms with Crippen molar-refractivity contribution in [2.45, 2.75) is 45.6 Å². The van der Waals surface area contributed by atoms with Gasteiger partial charge >= 0.3 is 11.9 Å². The van der Waals surface area contributed by atoms with E-state index in [4.69, 9.17) is 10.2 Å². The number of carboxylic acid groups (broad SMARTS) is 2. The third kappa shape index (κ3) is 8.08. The molecule has 1 saturated heterocycles. The molecule has 2 N–H and O–H groups in total. The van der Waals surface area contributed by atoms with Crippen LogP contribution in [-0.4, -0.2) is 95.3 Å². The molecule has 7 heteroatoms. The van der Waals surface area contributed by atoms with Crippen molar-refractivity contribution in [3.63, 3.8) is 0 Å². The third-order valence-corrected chi connectivity index (χ3v) is 4.74. The predicted molar refractivity (Wildman–Crippen MR) is 93.3 cm³/mol. The molecule has 0 bridgehead atoms. The summed E-state index contributed by atoms with van der Waals surface area (Å²) in [4.78, 5) is 28.4. The highest BCUT2D eigenvalue weighted by Gasteiger charge is 2.22. The number of hydrogen-bond acceptors (Lipinski definition) is 5. The molecule has 0 spiro atoms. The fourth-order valence-electron chi connectivity index (χ4n) is 3.31. The van der Waals surface area contributed by atoms with Gasteiger partial charge < -0.3 is 10.2 Å².